The van der Waals surface area contributed by atoms with Crippen molar-refractivity contribution >= 4 is 28.8 Å². The lowest BCUT2D eigenvalue weighted by Gasteiger charge is -2.34. The van der Waals surface area contributed by atoms with Crippen molar-refractivity contribution in [3.8, 4) is 22.2 Å². The van der Waals surface area contributed by atoms with Gasteiger partial charge in [-0.3, -0.25) is 9.69 Å². The van der Waals surface area contributed by atoms with E-state index >= 15 is 0 Å². The zero-order valence-electron chi connectivity index (χ0n) is 17.6. The molecule has 0 radical (unpaired) electrons. The van der Waals surface area contributed by atoms with E-state index in [2.05, 4.69) is 27.2 Å². The number of carbonyl (C=O) groups is 1. The number of benzene rings is 2. The Morgan fingerprint density at radius 2 is 1.88 bits per heavy atom. The summed E-state index contributed by atoms with van der Waals surface area (Å²) in [6, 6.07) is 16.2. The van der Waals surface area contributed by atoms with E-state index in [9.17, 15) is 9.18 Å². The van der Waals surface area contributed by atoms with Crippen LogP contribution in [-0.2, 0) is 6.54 Å². The Bertz CT molecular complexity index is 1250. The van der Waals surface area contributed by atoms with Crippen LogP contribution in [0, 0.1) is 5.82 Å². The summed E-state index contributed by atoms with van der Waals surface area (Å²) in [6.45, 7) is 3.47. The van der Waals surface area contributed by atoms with Crippen molar-refractivity contribution in [2.45, 2.75) is 6.54 Å². The van der Waals surface area contributed by atoms with E-state index in [-0.39, 0.29) is 10.9 Å². The van der Waals surface area contributed by atoms with E-state index in [0.29, 0.717) is 30.4 Å². The van der Waals surface area contributed by atoms with Gasteiger partial charge in [-0.1, -0.05) is 47.1 Å². The molecular weight excluding hydrogens is 463 g/mol. The fourth-order valence-electron chi connectivity index (χ4n) is 3.78. The van der Waals surface area contributed by atoms with E-state index in [4.69, 9.17) is 16.1 Å². The SMILES string of the molecule is O=C(c1ccc(Cl)c(F)c1)N1CCN(Cc2ccc(-c3noc(-c4cccs4)n3)cc2)CC1. The van der Waals surface area contributed by atoms with Crippen LogP contribution < -0.4 is 0 Å². The first-order valence-corrected chi connectivity index (χ1v) is 11.8. The van der Waals surface area contributed by atoms with Gasteiger partial charge in [0.05, 0.1) is 9.90 Å². The Balaban J connectivity index is 1.17. The molecule has 1 amide bonds. The average molecular weight is 483 g/mol. The Morgan fingerprint density at radius 3 is 2.58 bits per heavy atom. The Morgan fingerprint density at radius 1 is 1.09 bits per heavy atom. The molecular formula is C24H20ClFN4O2S. The van der Waals surface area contributed by atoms with Crippen LogP contribution in [0.15, 0.2) is 64.5 Å². The summed E-state index contributed by atoms with van der Waals surface area (Å²) in [5, 5.41) is 6.08. The molecule has 0 unspecified atom stereocenters. The van der Waals surface area contributed by atoms with Gasteiger partial charge in [-0.2, -0.15) is 4.98 Å². The first-order valence-electron chi connectivity index (χ1n) is 10.5. The summed E-state index contributed by atoms with van der Waals surface area (Å²) in [5.74, 6) is 0.346. The Labute approximate surface area is 199 Å². The number of amides is 1. The minimum Gasteiger partial charge on any atom is -0.336 e. The molecule has 3 heterocycles. The van der Waals surface area contributed by atoms with Crippen LogP contribution in [0.4, 0.5) is 4.39 Å². The largest absolute Gasteiger partial charge is 0.336 e. The van der Waals surface area contributed by atoms with Crippen molar-refractivity contribution < 1.29 is 13.7 Å². The lowest BCUT2D eigenvalue weighted by molar-refractivity contribution is 0.0628. The zero-order chi connectivity index (χ0) is 22.8. The number of halogens is 2. The third-order valence-electron chi connectivity index (χ3n) is 5.60. The highest BCUT2D eigenvalue weighted by Crippen LogP contribution is 2.26. The maximum atomic E-state index is 13.7. The van der Waals surface area contributed by atoms with Gasteiger partial charge >= 0.3 is 0 Å². The third kappa shape index (κ3) is 4.83. The van der Waals surface area contributed by atoms with E-state index in [1.54, 1.807) is 22.3 Å². The van der Waals surface area contributed by atoms with Crippen molar-refractivity contribution in [2.75, 3.05) is 26.2 Å². The quantitative estimate of drug-likeness (QED) is 0.390. The molecule has 33 heavy (non-hydrogen) atoms. The summed E-state index contributed by atoms with van der Waals surface area (Å²) in [6.07, 6.45) is 0. The Hall–Kier alpha value is -3.07. The van der Waals surface area contributed by atoms with Crippen molar-refractivity contribution in [1.29, 1.82) is 0 Å². The van der Waals surface area contributed by atoms with E-state index < -0.39 is 5.82 Å². The lowest BCUT2D eigenvalue weighted by atomic mass is 10.1. The number of nitrogens with zero attached hydrogens (tertiary/aromatic N) is 4. The smallest absolute Gasteiger partial charge is 0.268 e. The standard InChI is InChI=1S/C24H20ClFN4O2S/c25-19-8-7-18(14-20(19)26)24(31)30-11-9-29(10-12-30)15-16-3-5-17(6-4-16)22-27-23(32-28-22)21-2-1-13-33-21/h1-8,13-14H,9-12,15H2. The molecule has 2 aromatic carbocycles. The second-order valence-corrected chi connectivity index (χ2v) is 9.15. The molecule has 9 heteroatoms. The van der Waals surface area contributed by atoms with Gasteiger partial charge in [0.2, 0.25) is 5.82 Å². The number of hydrogen-bond donors (Lipinski definition) is 0. The summed E-state index contributed by atoms with van der Waals surface area (Å²) in [4.78, 5) is 22.1. The summed E-state index contributed by atoms with van der Waals surface area (Å²) >= 11 is 7.28. The van der Waals surface area contributed by atoms with Gasteiger partial charge < -0.3 is 9.42 Å². The van der Waals surface area contributed by atoms with Gasteiger partial charge in [0.25, 0.3) is 11.8 Å². The van der Waals surface area contributed by atoms with Crippen LogP contribution in [0.5, 0.6) is 0 Å². The Kier molecular flexibility index (Phi) is 6.22. The van der Waals surface area contributed by atoms with Gasteiger partial charge in [-0.05, 0) is 35.2 Å². The molecule has 1 aliphatic heterocycles. The van der Waals surface area contributed by atoms with Crippen molar-refractivity contribution in [1.82, 2.24) is 19.9 Å². The van der Waals surface area contributed by atoms with Gasteiger partial charge in [-0.15, -0.1) is 11.3 Å². The predicted molar refractivity (Wildman–Crippen MR) is 126 cm³/mol. The minimum atomic E-state index is -0.576. The van der Waals surface area contributed by atoms with E-state index in [1.165, 1.54) is 17.7 Å². The number of thiophene rings is 1. The zero-order valence-corrected chi connectivity index (χ0v) is 19.2. The molecule has 0 bridgehead atoms. The van der Waals surface area contributed by atoms with Crippen molar-refractivity contribution in [3.63, 3.8) is 0 Å². The fraction of sp³-hybridized carbons (Fsp3) is 0.208. The molecule has 0 saturated carbocycles. The maximum Gasteiger partial charge on any atom is 0.268 e. The minimum absolute atomic E-state index is 0.0182. The second kappa shape index (κ2) is 9.43. The van der Waals surface area contributed by atoms with Gasteiger partial charge in [-0.25, -0.2) is 4.39 Å². The number of carbonyl (C=O) groups excluding carboxylic acids is 1. The number of hydrogen-bond acceptors (Lipinski definition) is 6. The molecule has 6 nitrogen and oxygen atoms in total. The lowest BCUT2D eigenvalue weighted by Crippen LogP contribution is -2.48. The fourth-order valence-corrected chi connectivity index (χ4v) is 4.54. The summed E-state index contributed by atoms with van der Waals surface area (Å²) in [5.41, 5.74) is 2.39. The highest BCUT2D eigenvalue weighted by Gasteiger charge is 2.23. The molecule has 5 rings (SSSR count). The number of rotatable bonds is 5. The normalized spacial score (nSPS) is 14.5. The third-order valence-corrected chi connectivity index (χ3v) is 6.77. The first-order chi connectivity index (χ1) is 16.1. The van der Waals surface area contributed by atoms with Gasteiger partial charge in [0, 0.05) is 43.9 Å². The molecule has 1 saturated heterocycles. The average Bonchev–Trinajstić information content (AvgIpc) is 3.54. The molecule has 1 fully saturated rings. The molecule has 0 aliphatic carbocycles. The van der Waals surface area contributed by atoms with Crippen LogP contribution in [0.3, 0.4) is 0 Å². The highest BCUT2D eigenvalue weighted by molar-refractivity contribution is 7.13. The van der Waals surface area contributed by atoms with Crippen LogP contribution >= 0.6 is 22.9 Å². The molecule has 0 atom stereocenters. The second-order valence-electron chi connectivity index (χ2n) is 7.79. The summed E-state index contributed by atoms with van der Waals surface area (Å²) in [7, 11) is 0. The maximum absolute atomic E-state index is 13.7. The van der Waals surface area contributed by atoms with Crippen LogP contribution in [0.1, 0.15) is 15.9 Å². The van der Waals surface area contributed by atoms with Crippen molar-refractivity contribution in [2.24, 2.45) is 0 Å². The highest BCUT2D eigenvalue weighted by atomic mass is 35.5. The molecule has 4 aromatic rings. The van der Waals surface area contributed by atoms with Gasteiger partial charge in [0.1, 0.15) is 5.82 Å². The molecule has 168 valence electrons. The molecule has 0 N–H and O–H groups in total. The summed E-state index contributed by atoms with van der Waals surface area (Å²) < 4.78 is 19.1. The molecule has 0 spiro atoms. The molecule has 1 aliphatic rings. The monoisotopic (exact) mass is 482 g/mol. The van der Waals surface area contributed by atoms with E-state index in [1.807, 2.05) is 29.6 Å². The van der Waals surface area contributed by atoms with Crippen LogP contribution in [-0.4, -0.2) is 52.0 Å². The first kappa shape index (κ1) is 21.8. The topological polar surface area (TPSA) is 62.5 Å². The van der Waals surface area contributed by atoms with Crippen LogP contribution in [0.25, 0.3) is 22.2 Å². The number of aromatic nitrogens is 2. The van der Waals surface area contributed by atoms with Crippen molar-refractivity contribution in [3.05, 3.63) is 81.9 Å². The predicted octanol–water partition coefficient (Wildman–Crippen LogP) is 5.22. The van der Waals surface area contributed by atoms with E-state index in [0.717, 1.165) is 30.1 Å². The number of piperazine rings is 1. The molecule has 2 aromatic heterocycles. The van der Waals surface area contributed by atoms with Crippen LogP contribution in [0.2, 0.25) is 5.02 Å². The van der Waals surface area contributed by atoms with Gasteiger partial charge in [0.15, 0.2) is 0 Å².